The van der Waals surface area contributed by atoms with Crippen LogP contribution in [0.3, 0.4) is 0 Å². The van der Waals surface area contributed by atoms with Crippen LogP contribution in [-0.4, -0.2) is 57.1 Å². The first-order valence-corrected chi connectivity index (χ1v) is 10.4. The van der Waals surface area contributed by atoms with Gasteiger partial charge in [0.25, 0.3) is 5.91 Å². The minimum atomic E-state index is -4.59. The summed E-state index contributed by atoms with van der Waals surface area (Å²) >= 11 is 0. The summed E-state index contributed by atoms with van der Waals surface area (Å²) < 4.78 is 46.3. The number of rotatable bonds is 3. The SMILES string of the molecule is CCOC(=O)c1nc(-c2cccc(C#C[C@]3(O)CCN(C)C3=O)c2)c2cc(C(F)(F)F)ccn12. The van der Waals surface area contributed by atoms with Crippen LogP contribution in [0.25, 0.3) is 16.8 Å². The summed E-state index contributed by atoms with van der Waals surface area (Å²) in [4.78, 5) is 30.2. The molecule has 4 rings (SSSR count). The predicted octanol–water partition coefficient (Wildman–Crippen LogP) is 3.14. The Hall–Kier alpha value is -3.84. The number of halogens is 3. The number of amides is 1. The smallest absolute Gasteiger partial charge is 0.416 e. The van der Waals surface area contributed by atoms with E-state index in [2.05, 4.69) is 16.8 Å². The van der Waals surface area contributed by atoms with E-state index in [1.54, 1.807) is 38.2 Å². The largest absolute Gasteiger partial charge is 0.460 e. The zero-order valence-electron chi connectivity index (χ0n) is 18.3. The van der Waals surface area contributed by atoms with Gasteiger partial charge in [-0.1, -0.05) is 24.0 Å². The predicted molar refractivity (Wildman–Crippen MR) is 116 cm³/mol. The van der Waals surface area contributed by atoms with Crippen molar-refractivity contribution in [3.63, 3.8) is 0 Å². The number of alkyl halides is 3. The van der Waals surface area contributed by atoms with Crippen LogP contribution in [0.4, 0.5) is 13.2 Å². The molecular weight excluding hydrogens is 451 g/mol. The molecule has 1 amide bonds. The molecule has 1 aliphatic rings. The fraction of sp³-hybridized carbons (Fsp3) is 0.292. The summed E-state index contributed by atoms with van der Waals surface area (Å²) in [6.45, 7) is 2.06. The standard InChI is InChI=1S/C24H20F3N3O4/c1-3-34-21(31)20-28-19(18-14-17(24(25,26)27)8-11-30(18)20)16-6-4-5-15(13-16)7-9-23(33)10-12-29(2)22(23)32/h4-6,8,11,13-14,33H,3,10,12H2,1-2H3/t23-/m0/s1. The summed E-state index contributed by atoms with van der Waals surface area (Å²) in [5, 5.41) is 10.5. The molecule has 3 aromatic rings. The van der Waals surface area contributed by atoms with Gasteiger partial charge in [0.15, 0.2) is 0 Å². The third-order valence-corrected chi connectivity index (χ3v) is 5.49. The number of imidazole rings is 1. The van der Waals surface area contributed by atoms with E-state index in [1.807, 2.05) is 0 Å². The zero-order chi connectivity index (χ0) is 24.7. The van der Waals surface area contributed by atoms with E-state index >= 15 is 0 Å². The highest BCUT2D eigenvalue weighted by atomic mass is 19.4. The van der Waals surface area contributed by atoms with Crippen LogP contribution < -0.4 is 0 Å². The summed E-state index contributed by atoms with van der Waals surface area (Å²) in [6, 6.07) is 8.21. The molecule has 0 bridgehead atoms. The summed E-state index contributed by atoms with van der Waals surface area (Å²) in [5.74, 6) is 3.95. The highest BCUT2D eigenvalue weighted by molar-refractivity contribution is 5.92. The molecule has 1 aromatic carbocycles. The number of pyridine rings is 1. The molecule has 34 heavy (non-hydrogen) atoms. The van der Waals surface area contributed by atoms with Crippen molar-refractivity contribution in [2.45, 2.75) is 25.1 Å². The van der Waals surface area contributed by atoms with Crippen LogP contribution in [-0.2, 0) is 15.7 Å². The fourth-order valence-electron chi connectivity index (χ4n) is 3.70. The lowest BCUT2D eigenvalue weighted by atomic mass is 10.0. The van der Waals surface area contributed by atoms with Crippen molar-refractivity contribution in [2.75, 3.05) is 20.2 Å². The molecule has 0 saturated carbocycles. The van der Waals surface area contributed by atoms with Crippen molar-refractivity contribution in [1.29, 1.82) is 0 Å². The number of likely N-dealkylation sites (N-methyl/N-ethyl adjacent to an activating group) is 1. The van der Waals surface area contributed by atoms with Crippen molar-refractivity contribution < 1.29 is 32.6 Å². The Morgan fingerprint density at radius 2 is 2.06 bits per heavy atom. The monoisotopic (exact) mass is 471 g/mol. The van der Waals surface area contributed by atoms with Crippen LogP contribution in [0.1, 0.15) is 35.1 Å². The number of likely N-dealkylation sites (tertiary alicyclic amines) is 1. The van der Waals surface area contributed by atoms with Gasteiger partial charge < -0.3 is 14.7 Å². The molecule has 7 nitrogen and oxygen atoms in total. The highest BCUT2D eigenvalue weighted by Gasteiger charge is 2.42. The molecule has 0 radical (unpaired) electrons. The number of benzene rings is 1. The maximum atomic E-state index is 13.3. The van der Waals surface area contributed by atoms with Gasteiger partial charge >= 0.3 is 12.1 Å². The number of hydrogen-bond donors (Lipinski definition) is 1. The Bertz CT molecular complexity index is 1350. The molecule has 0 unspecified atom stereocenters. The van der Waals surface area contributed by atoms with Gasteiger partial charge in [-0.25, -0.2) is 9.78 Å². The Morgan fingerprint density at radius 3 is 2.71 bits per heavy atom. The molecule has 0 spiro atoms. The Labute approximate surface area is 192 Å². The lowest BCUT2D eigenvalue weighted by molar-refractivity contribution is -0.138. The third kappa shape index (κ3) is 4.22. The molecule has 0 aliphatic carbocycles. The summed E-state index contributed by atoms with van der Waals surface area (Å²) in [5.41, 5.74) is -1.66. The molecule has 176 valence electrons. The second-order valence-electron chi connectivity index (χ2n) is 7.84. The van der Waals surface area contributed by atoms with Gasteiger partial charge in [-0.3, -0.25) is 9.20 Å². The maximum Gasteiger partial charge on any atom is 0.416 e. The first-order chi connectivity index (χ1) is 16.0. The fourth-order valence-corrected chi connectivity index (χ4v) is 3.70. The van der Waals surface area contributed by atoms with Crippen LogP contribution >= 0.6 is 0 Å². The van der Waals surface area contributed by atoms with Gasteiger partial charge in [0.2, 0.25) is 11.4 Å². The van der Waals surface area contributed by atoms with Crippen molar-refractivity contribution in [3.05, 3.63) is 59.5 Å². The van der Waals surface area contributed by atoms with Gasteiger partial charge in [-0.15, -0.1) is 0 Å². The van der Waals surface area contributed by atoms with E-state index in [9.17, 15) is 27.9 Å². The van der Waals surface area contributed by atoms with E-state index < -0.39 is 29.2 Å². The van der Waals surface area contributed by atoms with Crippen molar-refractivity contribution in [1.82, 2.24) is 14.3 Å². The van der Waals surface area contributed by atoms with Crippen LogP contribution in [0, 0.1) is 11.8 Å². The molecule has 1 aliphatic heterocycles. The van der Waals surface area contributed by atoms with Crippen LogP contribution in [0.2, 0.25) is 0 Å². The van der Waals surface area contributed by atoms with E-state index in [1.165, 1.54) is 9.30 Å². The first-order valence-electron chi connectivity index (χ1n) is 10.4. The number of carbonyl (C=O) groups is 2. The second-order valence-corrected chi connectivity index (χ2v) is 7.84. The maximum absolute atomic E-state index is 13.3. The molecule has 1 saturated heterocycles. The Kier molecular flexibility index (Phi) is 5.83. The van der Waals surface area contributed by atoms with Crippen molar-refractivity contribution in [2.24, 2.45) is 0 Å². The normalized spacial score (nSPS) is 18.2. The van der Waals surface area contributed by atoms with Crippen molar-refractivity contribution in [3.8, 4) is 23.1 Å². The average molecular weight is 471 g/mol. The van der Waals surface area contributed by atoms with Gasteiger partial charge in [-0.2, -0.15) is 13.2 Å². The van der Waals surface area contributed by atoms with Gasteiger partial charge in [-0.05, 0) is 31.2 Å². The van der Waals surface area contributed by atoms with Gasteiger partial charge in [0, 0.05) is 37.3 Å². The summed E-state index contributed by atoms with van der Waals surface area (Å²) in [7, 11) is 1.57. The summed E-state index contributed by atoms with van der Waals surface area (Å²) in [6.07, 6.45) is -3.29. The molecule has 1 N–H and O–H groups in total. The van der Waals surface area contributed by atoms with Gasteiger partial charge in [0.1, 0.15) is 0 Å². The lowest BCUT2D eigenvalue weighted by Gasteiger charge is -2.13. The minimum Gasteiger partial charge on any atom is -0.460 e. The Morgan fingerprint density at radius 1 is 1.29 bits per heavy atom. The number of nitrogens with zero attached hydrogens (tertiary/aromatic N) is 3. The zero-order valence-corrected chi connectivity index (χ0v) is 18.3. The molecule has 3 heterocycles. The first kappa shape index (κ1) is 23.3. The van der Waals surface area contributed by atoms with Gasteiger partial charge in [0.05, 0.1) is 23.4 Å². The van der Waals surface area contributed by atoms with Crippen molar-refractivity contribution >= 4 is 17.4 Å². The quantitative estimate of drug-likeness (QED) is 0.469. The highest BCUT2D eigenvalue weighted by Crippen LogP contribution is 2.33. The molecule has 1 atom stereocenters. The van der Waals surface area contributed by atoms with Crippen LogP contribution in [0.5, 0.6) is 0 Å². The van der Waals surface area contributed by atoms with E-state index in [0.29, 0.717) is 17.7 Å². The number of esters is 1. The number of aliphatic hydroxyl groups is 1. The number of ether oxygens (including phenoxy) is 1. The van der Waals surface area contributed by atoms with Crippen LogP contribution in [0.15, 0.2) is 42.6 Å². The minimum absolute atomic E-state index is 0.0641. The van der Waals surface area contributed by atoms with E-state index in [4.69, 9.17) is 4.74 Å². The number of hydrogen-bond acceptors (Lipinski definition) is 5. The molecule has 1 fully saturated rings. The average Bonchev–Trinajstić information content (AvgIpc) is 3.31. The van der Waals surface area contributed by atoms with E-state index in [0.717, 1.165) is 18.3 Å². The second kappa shape index (κ2) is 8.50. The Balaban J connectivity index is 1.82. The number of fused-ring (bicyclic) bond motifs is 1. The van der Waals surface area contributed by atoms with E-state index in [-0.39, 0.29) is 30.1 Å². The third-order valence-electron chi connectivity index (χ3n) is 5.49. The topological polar surface area (TPSA) is 84.1 Å². The molecular formula is C24H20F3N3O4. The molecule has 2 aromatic heterocycles. The lowest BCUT2D eigenvalue weighted by Crippen LogP contribution is -2.37. The molecule has 10 heteroatoms. The number of carbonyl (C=O) groups excluding carboxylic acids is 2. The number of aromatic nitrogens is 2.